The SMILES string of the molecule is CCCCCCCC(C(=O)NOCc1ccccc1)c1ccc(O)c(OC)c1. The lowest BCUT2D eigenvalue weighted by Gasteiger charge is -2.18. The molecule has 0 heterocycles. The summed E-state index contributed by atoms with van der Waals surface area (Å²) in [5, 5.41) is 9.85. The zero-order chi connectivity index (χ0) is 20.2. The van der Waals surface area contributed by atoms with Gasteiger partial charge in [0, 0.05) is 0 Å². The van der Waals surface area contributed by atoms with Crippen molar-refractivity contribution in [2.45, 2.75) is 58.0 Å². The monoisotopic (exact) mass is 385 g/mol. The maximum absolute atomic E-state index is 12.8. The number of carbonyl (C=O) groups is 1. The first-order valence-corrected chi connectivity index (χ1v) is 9.98. The summed E-state index contributed by atoms with van der Waals surface area (Å²) in [5.74, 6) is -0.105. The Balaban J connectivity index is 2.00. The van der Waals surface area contributed by atoms with Crippen LogP contribution in [-0.4, -0.2) is 18.1 Å². The van der Waals surface area contributed by atoms with Gasteiger partial charge in [-0.05, 0) is 29.7 Å². The third-order valence-corrected chi connectivity index (χ3v) is 4.77. The molecule has 0 saturated carbocycles. The zero-order valence-electron chi connectivity index (χ0n) is 16.8. The van der Waals surface area contributed by atoms with Gasteiger partial charge in [-0.25, -0.2) is 5.48 Å². The third-order valence-electron chi connectivity index (χ3n) is 4.77. The number of nitrogens with one attached hydrogen (secondary N) is 1. The number of unbranched alkanes of at least 4 members (excludes halogenated alkanes) is 4. The van der Waals surface area contributed by atoms with Crippen molar-refractivity contribution in [1.29, 1.82) is 0 Å². The van der Waals surface area contributed by atoms with E-state index >= 15 is 0 Å². The lowest BCUT2D eigenvalue weighted by atomic mass is 9.92. The van der Waals surface area contributed by atoms with Crippen LogP contribution in [0, 0.1) is 0 Å². The minimum absolute atomic E-state index is 0.0636. The second-order valence-electron chi connectivity index (χ2n) is 6.93. The molecule has 152 valence electrons. The van der Waals surface area contributed by atoms with E-state index in [1.165, 1.54) is 26.4 Å². The van der Waals surface area contributed by atoms with E-state index < -0.39 is 0 Å². The molecule has 5 nitrogen and oxygen atoms in total. The predicted molar refractivity (Wildman–Crippen MR) is 110 cm³/mol. The summed E-state index contributed by atoms with van der Waals surface area (Å²) in [7, 11) is 1.50. The van der Waals surface area contributed by atoms with Crippen LogP contribution in [0.3, 0.4) is 0 Å². The van der Waals surface area contributed by atoms with Gasteiger partial charge in [0.2, 0.25) is 0 Å². The molecular weight excluding hydrogens is 354 g/mol. The summed E-state index contributed by atoms with van der Waals surface area (Å²) >= 11 is 0. The molecule has 1 unspecified atom stereocenters. The van der Waals surface area contributed by atoms with Crippen molar-refractivity contribution in [3.05, 3.63) is 59.7 Å². The fraction of sp³-hybridized carbons (Fsp3) is 0.435. The molecule has 1 atom stereocenters. The molecule has 0 aliphatic rings. The molecule has 5 heteroatoms. The van der Waals surface area contributed by atoms with Crippen molar-refractivity contribution >= 4 is 5.91 Å². The van der Waals surface area contributed by atoms with Gasteiger partial charge in [0.15, 0.2) is 11.5 Å². The Labute approximate surface area is 167 Å². The Morgan fingerprint density at radius 2 is 1.82 bits per heavy atom. The van der Waals surface area contributed by atoms with Crippen LogP contribution in [0.25, 0.3) is 0 Å². The molecule has 2 aromatic rings. The standard InChI is InChI=1S/C23H31NO4/c1-3-4-5-6-10-13-20(19-14-15-21(25)22(16-19)27-2)23(26)24-28-17-18-11-8-7-9-12-18/h7-9,11-12,14-16,20,25H,3-6,10,13,17H2,1-2H3,(H,24,26). The average Bonchev–Trinajstić information content (AvgIpc) is 2.72. The maximum Gasteiger partial charge on any atom is 0.251 e. The number of hydrogen-bond acceptors (Lipinski definition) is 4. The lowest BCUT2D eigenvalue weighted by molar-refractivity contribution is -0.136. The van der Waals surface area contributed by atoms with Crippen LogP contribution in [-0.2, 0) is 16.2 Å². The Morgan fingerprint density at radius 3 is 2.54 bits per heavy atom. The van der Waals surface area contributed by atoms with Gasteiger partial charge in [0.05, 0.1) is 19.6 Å². The number of phenols is 1. The first-order chi connectivity index (χ1) is 13.7. The van der Waals surface area contributed by atoms with Crippen LogP contribution in [0.5, 0.6) is 11.5 Å². The van der Waals surface area contributed by atoms with Crippen LogP contribution in [0.4, 0.5) is 0 Å². The molecule has 0 radical (unpaired) electrons. The fourth-order valence-electron chi connectivity index (χ4n) is 3.15. The molecule has 28 heavy (non-hydrogen) atoms. The molecule has 1 amide bonds. The molecule has 2 aromatic carbocycles. The molecule has 0 aliphatic heterocycles. The van der Waals surface area contributed by atoms with E-state index in [9.17, 15) is 9.90 Å². The molecule has 0 bridgehead atoms. The maximum atomic E-state index is 12.8. The van der Waals surface area contributed by atoms with Crippen LogP contribution >= 0.6 is 0 Å². The van der Waals surface area contributed by atoms with Crippen molar-refractivity contribution in [2.75, 3.05) is 7.11 Å². The van der Waals surface area contributed by atoms with Crippen molar-refractivity contribution in [2.24, 2.45) is 0 Å². The highest BCUT2D eigenvalue weighted by atomic mass is 16.6. The minimum Gasteiger partial charge on any atom is -0.504 e. The number of hydrogen-bond donors (Lipinski definition) is 2. The molecule has 0 saturated heterocycles. The minimum atomic E-state index is -0.355. The van der Waals surface area contributed by atoms with Gasteiger partial charge in [-0.1, -0.05) is 75.4 Å². The second-order valence-corrected chi connectivity index (χ2v) is 6.93. The number of aromatic hydroxyl groups is 1. The number of carbonyl (C=O) groups excluding carboxylic acids is 1. The summed E-state index contributed by atoms with van der Waals surface area (Å²) in [6.07, 6.45) is 6.35. The van der Waals surface area contributed by atoms with Gasteiger partial charge < -0.3 is 9.84 Å². The summed E-state index contributed by atoms with van der Waals surface area (Å²) < 4.78 is 5.20. The normalized spacial score (nSPS) is 11.8. The lowest BCUT2D eigenvalue weighted by Crippen LogP contribution is -2.29. The Hall–Kier alpha value is -2.53. The van der Waals surface area contributed by atoms with E-state index in [-0.39, 0.29) is 17.6 Å². The highest BCUT2D eigenvalue weighted by Crippen LogP contribution is 2.32. The Morgan fingerprint density at radius 1 is 1.07 bits per heavy atom. The molecule has 2 rings (SSSR count). The summed E-state index contributed by atoms with van der Waals surface area (Å²) in [4.78, 5) is 18.2. The van der Waals surface area contributed by atoms with E-state index in [4.69, 9.17) is 9.57 Å². The number of phenolic OH excluding ortho intramolecular Hbond substituents is 1. The summed E-state index contributed by atoms with van der Waals surface area (Å²) in [6, 6.07) is 14.8. The van der Waals surface area contributed by atoms with Crippen LogP contribution in [0.15, 0.2) is 48.5 Å². The van der Waals surface area contributed by atoms with E-state index in [2.05, 4.69) is 12.4 Å². The van der Waals surface area contributed by atoms with Crippen molar-refractivity contribution < 1.29 is 19.5 Å². The Bertz CT molecular complexity index is 718. The predicted octanol–water partition coefficient (Wildman–Crippen LogP) is 5.09. The number of methoxy groups -OCH3 is 1. The number of hydroxylamine groups is 1. The quantitative estimate of drug-likeness (QED) is 0.394. The molecule has 0 fully saturated rings. The average molecular weight is 386 g/mol. The number of benzene rings is 2. The van der Waals surface area contributed by atoms with Crippen LogP contribution < -0.4 is 10.2 Å². The van der Waals surface area contributed by atoms with Crippen LogP contribution in [0.2, 0.25) is 0 Å². The molecule has 2 N–H and O–H groups in total. The summed E-state index contributed by atoms with van der Waals surface area (Å²) in [6.45, 7) is 2.50. The third kappa shape index (κ3) is 6.89. The van der Waals surface area contributed by atoms with Gasteiger partial charge in [-0.3, -0.25) is 9.63 Å². The highest BCUT2D eigenvalue weighted by Gasteiger charge is 2.22. The zero-order valence-corrected chi connectivity index (χ0v) is 16.8. The second kappa shape index (κ2) is 12.0. The van der Waals surface area contributed by atoms with Gasteiger partial charge >= 0.3 is 0 Å². The first kappa shape index (κ1) is 21.8. The Kier molecular flexibility index (Phi) is 9.35. The highest BCUT2D eigenvalue weighted by molar-refractivity contribution is 5.83. The fourth-order valence-corrected chi connectivity index (χ4v) is 3.15. The van der Waals surface area contributed by atoms with Gasteiger partial charge in [0.1, 0.15) is 0 Å². The number of ether oxygens (including phenoxy) is 1. The number of amides is 1. The smallest absolute Gasteiger partial charge is 0.251 e. The van der Waals surface area contributed by atoms with Gasteiger partial charge in [0.25, 0.3) is 5.91 Å². The molecule has 0 spiro atoms. The van der Waals surface area contributed by atoms with Crippen LogP contribution in [0.1, 0.15) is 62.5 Å². The van der Waals surface area contributed by atoms with E-state index in [1.807, 2.05) is 30.3 Å². The molecule has 0 aromatic heterocycles. The van der Waals surface area contributed by atoms with Crippen molar-refractivity contribution in [1.82, 2.24) is 5.48 Å². The molecule has 0 aliphatic carbocycles. The van der Waals surface area contributed by atoms with E-state index in [1.54, 1.807) is 18.2 Å². The molecular formula is C23H31NO4. The topological polar surface area (TPSA) is 67.8 Å². The van der Waals surface area contributed by atoms with Crippen molar-refractivity contribution in [3.8, 4) is 11.5 Å². The van der Waals surface area contributed by atoms with Gasteiger partial charge in [-0.2, -0.15) is 0 Å². The van der Waals surface area contributed by atoms with Crippen molar-refractivity contribution in [3.63, 3.8) is 0 Å². The van der Waals surface area contributed by atoms with E-state index in [0.29, 0.717) is 12.4 Å². The summed E-state index contributed by atoms with van der Waals surface area (Å²) in [5.41, 5.74) is 4.39. The van der Waals surface area contributed by atoms with Gasteiger partial charge in [-0.15, -0.1) is 0 Å². The number of rotatable bonds is 12. The van der Waals surface area contributed by atoms with E-state index in [0.717, 1.165) is 30.4 Å². The largest absolute Gasteiger partial charge is 0.504 e. The first-order valence-electron chi connectivity index (χ1n) is 9.98.